The summed E-state index contributed by atoms with van der Waals surface area (Å²) in [5, 5.41) is 7.44. The summed E-state index contributed by atoms with van der Waals surface area (Å²) < 4.78 is 43.1. The number of amides is 1. The highest BCUT2D eigenvalue weighted by molar-refractivity contribution is 5.94. The highest BCUT2D eigenvalue weighted by Gasteiger charge is 2.50. The van der Waals surface area contributed by atoms with E-state index in [0.29, 0.717) is 23.6 Å². The Morgan fingerprint density at radius 3 is 2.80 bits per heavy atom. The third-order valence-electron chi connectivity index (χ3n) is 4.09. The molecule has 1 saturated heterocycles. The quantitative estimate of drug-likeness (QED) is 0.811. The Hall–Kier alpha value is -2.36. The lowest BCUT2D eigenvalue weighted by Crippen LogP contribution is -2.34. The van der Waals surface area contributed by atoms with Crippen LogP contribution in [0.4, 0.5) is 8.78 Å². The molecule has 3 rings (SSSR count). The molecule has 0 bridgehead atoms. The second-order valence-electron chi connectivity index (χ2n) is 5.91. The molecule has 1 atom stereocenters. The fourth-order valence-corrected chi connectivity index (χ4v) is 2.81. The van der Waals surface area contributed by atoms with E-state index >= 15 is 0 Å². The number of methoxy groups -OCH3 is 1. The third kappa shape index (κ3) is 3.26. The number of likely N-dealkylation sites (tertiary alicyclic amines) is 1. The molecule has 0 aliphatic carbocycles. The molecular formula is C15H18F2N4O4. The van der Waals surface area contributed by atoms with Crippen molar-refractivity contribution in [3.8, 4) is 0 Å². The van der Waals surface area contributed by atoms with E-state index < -0.39 is 30.8 Å². The van der Waals surface area contributed by atoms with Gasteiger partial charge < -0.3 is 18.7 Å². The van der Waals surface area contributed by atoms with Crippen LogP contribution >= 0.6 is 0 Å². The molecular weight excluding hydrogens is 338 g/mol. The highest BCUT2D eigenvalue weighted by Crippen LogP contribution is 2.41. The number of alkyl halides is 2. The highest BCUT2D eigenvalue weighted by atomic mass is 19.3. The fourth-order valence-electron chi connectivity index (χ4n) is 2.81. The van der Waals surface area contributed by atoms with E-state index in [4.69, 9.17) is 13.8 Å². The lowest BCUT2D eigenvalue weighted by molar-refractivity contribution is 0.0115. The van der Waals surface area contributed by atoms with Crippen LogP contribution < -0.4 is 0 Å². The zero-order valence-electron chi connectivity index (χ0n) is 14.1. The van der Waals surface area contributed by atoms with Crippen LogP contribution in [0.5, 0.6) is 0 Å². The number of carbonyl (C=O) groups is 1. The minimum Gasteiger partial charge on any atom is -0.380 e. The van der Waals surface area contributed by atoms with E-state index in [1.54, 1.807) is 6.92 Å². The molecule has 25 heavy (non-hydrogen) atoms. The van der Waals surface area contributed by atoms with Gasteiger partial charge in [0.15, 0.2) is 11.5 Å². The van der Waals surface area contributed by atoms with Crippen LogP contribution in [0.2, 0.25) is 0 Å². The van der Waals surface area contributed by atoms with Crippen molar-refractivity contribution in [3.63, 3.8) is 0 Å². The van der Waals surface area contributed by atoms with Crippen LogP contribution in [0, 0.1) is 6.92 Å². The average Bonchev–Trinajstić information content (AvgIpc) is 3.25. The monoisotopic (exact) mass is 356 g/mol. The van der Waals surface area contributed by atoms with E-state index in [0.717, 1.165) is 4.90 Å². The van der Waals surface area contributed by atoms with Gasteiger partial charge >= 0.3 is 0 Å². The molecule has 0 aromatic carbocycles. The van der Waals surface area contributed by atoms with Gasteiger partial charge in [0.05, 0.1) is 18.7 Å². The molecule has 0 N–H and O–H groups in total. The van der Waals surface area contributed by atoms with Crippen LogP contribution in [0.15, 0.2) is 9.05 Å². The fraction of sp³-hybridized carbons (Fsp3) is 0.600. The average molecular weight is 356 g/mol. The minimum atomic E-state index is -3.05. The summed E-state index contributed by atoms with van der Waals surface area (Å²) in [5.74, 6) is -2.94. The van der Waals surface area contributed by atoms with Crippen LogP contribution in [-0.4, -0.2) is 45.7 Å². The Kier molecular flexibility index (Phi) is 4.55. The molecule has 2 aromatic rings. The number of ether oxygens (including phenoxy) is 1. The second kappa shape index (κ2) is 6.51. The predicted octanol–water partition coefficient (Wildman–Crippen LogP) is 2.30. The van der Waals surface area contributed by atoms with E-state index in [1.807, 2.05) is 6.92 Å². The molecule has 0 radical (unpaired) electrons. The Bertz CT molecular complexity index is 773. The minimum absolute atomic E-state index is 0.00381. The molecule has 1 amide bonds. The Morgan fingerprint density at radius 1 is 1.40 bits per heavy atom. The summed E-state index contributed by atoms with van der Waals surface area (Å²) in [6.45, 7) is 2.78. The SMILES string of the molecule is CCc1noc([C@@H]2CC(F)(F)CN2C(=O)c2noc(C)c2COC)n1. The van der Waals surface area contributed by atoms with Crippen LogP contribution in [-0.2, 0) is 17.8 Å². The van der Waals surface area contributed by atoms with Crippen molar-refractivity contribution in [2.45, 2.75) is 45.3 Å². The van der Waals surface area contributed by atoms with Gasteiger partial charge in [-0.05, 0) is 6.92 Å². The number of halogens is 2. The summed E-state index contributed by atoms with van der Waals surface area (Å²) in [6, 6.07) is -1.01. The lowest BCUT2D eigenvalue weighted by atomic mass is 10.1. The summed E-state index contributed by atoms with van der Waals surface area (Å²) >= 11 is 0. The van der Waals surface area contributed by atoms with E-state index in [-0.39, 0.29) is 18.2 Å². The number of nitrogens with zero attached hydrogens (tertiary/aromatic N) is 4. The molecule has 136 valence electrons. The van der Waals surface area contributed by atoms with Gasteiger partial charge in [-0.2, -0.15) is 4.98 Å². The standard InChI is InChI=1S/C15H18F2N4O4/c1-4-11-18-13(25-19-11)10-5-15(16,17)7-21(10)14(22)12-9(6-23-3)8(2)24-20-12/h10H,4-7H2,1-3H3/t10-/m0/s1. The van der Waals surface area contributed by atoms with Crippen LogP contribution in [0.3, 0.4) is 0 Å². The van der Waals surface area contributed by atoms with Crippen molar-refractivity contribution >= 4 is 5.91 Å². The molecule has 0 spiro atoms. The molecule has 1 fully saturated rings. The first-order chi connectivity index (χ1) is 11.9. The number of aryl methyl sites for hydroxylation is 2. The van der Waals surface area contributed by atoms with Crippen LogP contribution in [0.25, 0.3) is 0 Å². The van der Waals surface area contributed by atoms with Gasteiger partial charge in [0.1, 0.15) is 11.8 Å². The van der Waals surface area contributed by atoms with E-state index in [2.05, 4.69) is 15.3 Å². The Balaban J connectivity index is 1.94. The molecule has 10 heteroatoms. The predicted molar refractivity (Wildman–Crippen MR) is 79.0 cm³/mol. The van der Waals surface area contributed by atoms with Crippen molar-refractivity contribution < 1.29 is 27.4 Å². The van der Waals surface area contributed by atoms with Gasteiger partial charge in [-0.15, -0.1) is 0 Å². The maximum atomic E-state index is 14.0. The van der Waals surface area contributed by atoms with Crippen molar-refractivity contribution in [1.82, 2.24) is 20.2 Å². The number of aromatic nitrogens is 3. The zero-order valence-corrected chi connectivity index (χ0v) is 14.1. The molecule has 0 unspecified atom stereocenters. The summed E-state index contributed by atoms with van der Waals surface area (Å²) in [5.41, 5.74) is 0.388. The number of carbonyl (C=O) groups excluding carboxylic acids is 1. The normalized spacial score (nSPS) is 19.6. The third-order valence-corrected chi connectivity index (χ3v) is 4.09. The first kappa shape index (κ1) is 17.5. The first-order valence-electron chi connectivity index (χ1n) is 7.81. The number of rotatable bonds is 5. The van der Waals surface area contributed by atoms with Crippen molar-refractivity contribution in [2.75, 3.05) is 13.7 Å². The molecule has 3 heterocycles. The van der Waals surface area contributed by atoms with E-state index in [1.165, 1.54) is 7.11 Å². The van der Waals surface area contributed by atoms with Gasteiger partial charge in [0.2, 0.25) is 5.89 Å². The zero-order chi connectivity index (χ0) is 18.2. The van der Waals surface area contributed by atoms with Gasteiger partial charge in [-0.25, -0.2) is 8.78 Å². The maximum Gasteiger partial charge on any atom is 0.277 e. The van der Waals surface area contributed by atoms with Gasteiger partial charge in [-0.1, -0.05) is 17.2 Å². The second-order valence-corrected chi connectivity index (χ2v) is 5.91. The van der Waals surface area contributed by atoms with Crippen molar-refractivity contribution in [1.29, 1.82) is 0 Å². The lowest BCUT2D eigenvalue weighted by Gasteiger charge is -2.20. The maximum absolute atomic E-state index is 14.0. The van der Waals surface area contributed by atoms with Gasteiger partial charge in [-0.3, -0.25) is 4.79 Å². The van der Waals surface area contributed by atoms with Gasteiger partial charge in [0.25, 0.3) is 11.8 Å². The van der Waals surface area contributed by atoms with Gasteiger partial charge in [0, 0.05) is 20.0 Å². The molecule has 8 nitrogen and oxygen atoms in total. The molecule has 0 saturated carbocycles. The Morgan fingerprint density at radius 2 is 2.16 bits per heavy atom. The molecule has 2 aromatic heterocycles. The summed E-state index contributed by atoms with van der Waals surface area (Å²) in [4.78, 5) is 17.9. The van der Waals surface area contributed by atoms with E-state index in [9.17, 15) is 13.6 Å². The summed E-state index contributed by atoms with van der Waals surface area (Å²) in [6.07, 6.45) is -0.0818. The molecule has 1 aliphatic rings. The Labute approximate surface area is 142 Å². The van der Waals surface area contributed by atoms with Crippen molar-refractivity contribution in [2.24, 2.45) is 0 Å². The van der Waals surface area contributed by atoms with Crippen molar-refractivity contribution in [3.05, 3.63) is 28.7 Å². The van der Waals surface area contributed by atoms with Crippen LogP contribution in [0.1, 0.15) is 52.9 Å². The number of hydrogen-bond acceptors (Lipinski definition) is 7. The summed E-state index contributed by atoms with van der Waals surface area (Å²) in [7, 11) is 1.46. The topological polar surface area (TPSA) is 94.5 Å². The molecule has 1 aliphatic heterocycles. The largest absolute Gasteiger partial charge is 0.380 e. The first-order valence-corrected chi connectivity index (χ1v) is 7.81. The number of hydrogen-bond donors (Lipinski definition) is 0. The smallest absolute Gasteiger partial charge is 0.277 e.